The molecule has 1 aliphatic heterocycles. The molecular formula is C36H39NO3. The lowest BCUT2D eigenvalue weighted by atomic mass is 9.76. The molecule has 2 fully saturated rings. The number of ketones is 2. The molecule has 1 saturated carbocycles. The standard InChI is InChI=1S/C36H39NO3/c1-26-6-10-28(11-7-26)22-31-24-33(25-32(36(31)39)23-29-12-8-27(2)9-13-29)35(38)30-14-16-34(17-15-30)40-21-20-37-18-4-3-5-19-37/h6-17,22-23,33H,3-5,18-21,24-25H2,1-2H3/b31-22+,32-23+. The van der Waals surface area contributed by atoms with Gasteiger partial charge in [-0.05, 0) is 100 Å². The van der Waals surface area contributed by atoms with Crippen LogP contribution in [0, 0.1) is 19.8 Å². The van der Waals surface area contributed by atoms with Gasteiger partial charge < -0.3 is 4.74 Å². The minimum Gasteiger partial charge on any atom is -0.492 e. The number of hydrogen-bond donors (Lipinski definition) is 0. The zero-order valence-corrected chi connectivity index (χ0v) is 23.7. The summed E-state index contributed by atoms with van der Waals surface area (Å²) in [4.78, 5) is 29.7. The largest absolute Gasteiger partial charge is 0.492 e. The van der Waals surface area contributed by atoms with Crippen LogP contribution in [0.15, 0.2) is 83.9 Å². The number of aryl methyl sites for hydroxylation is 2. The van der Waals surface area contributed by atoms with Crippen LogP contribution in [0.3, 0.4) is 0 Å². The van der Waals surface area contributed by atoms with Gasteiger partial charge in [0.05, 0.1) is 0 Å². The molecule has 1 aliphatic carbocycles. The molecule has 0 aromatic heterocycles. The highest BCUT2D eigenvalue weighted by molar-refractivity contribution is 6.15. The second-order valence-electron chi connectivity index (χ2n) is 11.2. The van der Waals surface area contributed by atoms with Gasteiger partial charge in [-0.25, -0.2) is 0 Å². The Morgan fingerprint density at radius 2 is 1.30 bits per heavy atom. The first-order chi connectivity index (χ1) is 19.4. The Balaban J connectivity index is 1.32. The summed E-state index contributed by atoms with van der Waals surface area (Å²) in [6.07, 6.45) is 8.64. The van der Waals surface area contributed by atoms with Crippen molar-refractivity contribution >= 4 is 23.7 Å². The fourth-order valence-electron chi connectivity index (χ4n) is 5.58. The van der Waals surface area contributed by atoms with Crippen molar-refractivity contribution in [2.75, 3.05) is 26.2 Å². The maximum absolute atomic E-state index is 13.7. The van der Waals surface area contributed by atoms with E-state index in [1.165, 1.54) is 30.4 Å². The minimum absolute atomic E-state index is 0.0302. The predicted molar refractivity (Wildman–Crippen MR) is 163 cm³/mol. The number of piperidine rings is 1. The number of Topliss-reactive ketones (excluding diaryl/α,β-unsaturated/α-hetero) is 2. The van der Waals surface area contributed by atoms with Crippen LogP contribution in [0.5, 0.6) is 5.75 Å². The minimum atomic E-state index is -0.294. The topological polar surface area (TPSA) is 46.6 Å². The van der Waals surface area contributed by atoms with Crippen molar-refractivity contribution in [1.82, 2.24) is 4.90 Å². The molecule has 0 atom stereocenters. The number of allylic oxidation sites excluding steroid dienone is 2. The lowest BCUT2D eigenvalue weighted by molar-refractivity contribution is -0.113. The van der Waals surface area contributed by atoms with E-state index < -0.39 is 0 Å². The van der Waals surface area contributed by atoms with E-state index in [-0.39, 0.29) is 17.5 Å². The summed E-state index contributed by atoms with van der Waals surface area (Å²) in [5, 5.41) is 0. The van der Waals surface area contributed by atoms with E-state index in [9.17, 15) is 9.59 Å². The Labute approximate surface area is 238 Å². The highest BCUT2D eigenvalue weighted by atomic mass is 16.5. The Kier molecular flexibility index (Phi) is 9.08. The van der Waals surface area contributed by atoms with E-state index in [0.717, 1.165) is 36.5 Å². The molecule has 0 spiro atoms. The third-order valence-electron chi connectivity index (χ3n) is 7.99. The molecule has 40 heavy (non-hydrogen) atoms. The number of benzene rings is 3. The Hall–Kier alpha value is -3.76. The van der Waals surface area contributed by atoms with E-state index in [1.54, 1.807) is 0 Å². The molecule has 1 heterocycles. The van der Waals surface area contributed by atoms with Crippen molar-refractivity contribution in [2.24, 2.45) is 5.92 Å². The molecule has 0 amide bonds. The zero-order valence-electron chi connectivity index (χ0n) is 23.7. The molecular weight excluding hydrogens is 494 g/mol. The number of hydrogen-bond acceptors (Lipinski definition) is 4. The fourth-order valence-corrected chi connectivity index (χ4v) is 5.58. The molecule has 0 bridgehead atoms. The number of nitrogens with zero attached hydrogens (tertiary/aromatic N) is 1. The van der Waals surface area contributed by atoms with Crippen molar-refractivity contribution in [3.05, 3.63) is 112 Å². The normalized spacial score (nSPS) is 20.1. The predicted octanol–water partition coefficient (Wildman–Crippen LogP) is 7.50. The maximum Gasteiger partial charge on any atom is 0.185 e. The summed E-state index contributed by atoms with van der Waals surface area (Å²) in [7, 11) is 0. The van der Waals surface area contributed by atoms with E-state index in [0.29, 0.717) is 36.2 Å². The van der Waals surface area contributed by atoms with Crippen LogP contribution in [0.2, 0.25) is 0 Å². The molecule has 0 unspecified atom stereocenters. The number of carbonyl (C=O) groups is 2. The van der Waals surface area contributed by atoms with Gasteiger partial charge in [0.2, 0.25) is 0 Å². The SMILES string of the molecule is Cc1ccc(/C=C2\CC(C(=O)c3ccc(OCCN4CCCCC4)cc3)C/C(=C\c3ccc(C)cc3)C2=O)cc1. The molecule has 5 rings (SSSR count). The summed E-state index contributed by atoms with van der Waals surface area (Å²) in [6, 6.07) is 23.8. The van der Waals surface area contributed by atoms with Gasteiger partial charge in [0.25, 0.3) is 0 Å². The quantitative estimate of drug-likeness (QED) is 0.222. The summed E-state index contributed by atoms with van der Waals surface area (Å²) >= 11 is 0. The molecule has 206 valence electrons. The average Bonchev–Trinajstić information content (AvgIpc) is 2.98. The number of likely N-dealkylation sites (tertiary alicyclic amines) is 1. The molecule has 4 heteroatoms. The third kappa shape index (κ3) is 7.25. The first-order valence-electron chi connectivity index (χ1n) is 14.5. The molecule has 1 saturated heterocycles. The zero-order chi connectivity index (χ0) is 27.9. The monoisotopic (exact) mass is 533 g/mol. The summed E-state index contributed by atoms with van der Waals surface area (Å²) in [6.45, 7) is 7.99. The van der Waals surface area contributed by atoms with Gasteiger partial charge in [-0.15, -0.1) is 0 Å². The number of ether oxygens (including phenoxy) is 1. The Bertz CT molecular complexity index is 1310. The molecule has 0 radical (unpaired) electrons. The maximum atomic E-state index is 13.7. The van der Waals surface area contributed by atoms with Gasteiger partial charge in [0.1, 0.15) is 12.4 Å². The van der Waals surface area contributed by atoms with E-state index in [2.05, 4.69) is 4.90 Å². The van der Waals surface area contributed by atoms with Gasteiger partial charge in [-0.1, -0.05) is 66.1 Å². The number of rotatable bonds is 8. The van der Waals surface area contributed by atoms with Gasteiger partial charge in [-0.2, -0.15) is 0 Å². The van der Waals surface area contributed by atoms with Crippen molar-refractivity contribution in [3.63, 3.8) is 0 Å². The Morgan fingerprint density at radius 1 is 0.775 bits per heavy atom. The van der Waals surface area contributed by atoms with Crippen LogP contribution in [-0.2, 0) is 4.79 Å². The fraction of sp³-hybridized carbons (Fsp3) is 0.333. The van der Waals surface area contributed by atoms with Gasteiger partial charge >= 0.3 is 0 Å². The van der Waals surface area contributed by atoms with Crippen LogP contribution < -0.4 is 4.74 Å². The average molecular weight is 534 g/mol. The van der Waals surface area contributed by atoms with Gasteiger partial charge in [-0.3, -0.25) is 14.5 Å². The van der Waals surface area contributed by atoms with Crippen LogP contribution in [0.25, 0.3) is 12.2 Å². The van der Waals surface area contributed by atoms with Crippen LogP contribution in [0.1, 0.15) is 64.7 Å². The lowest BCUT2D eigenvalue weighted by Gasteiger charge is -2.26. The van der Waals surface area contributed by atoms with Crippen molar-refractivity contribution < 1.29 is 14.3 Å². The highest BCUT2D eigenvalue weighted by Crippen LogP contribution is 2.35. The van der Waals surface area contributed by atoms with E-state index >= 15 is 0 Å². The second-order valence-corrected chi connectivity index (χ2v) is 11.2. The van der Waals surface area contributed by atoms with Crippen molar-refractivity contribution in [2.45, 2.75) is 46.0 Å². The molecule has 2 aliphatic rings. The molecule has 0 N–H and O–H groups in total. The summed E-state index contributed by atoms with van der Waals surface area (Å²) in [5.74, 6) is 0.587. The summed E-state index contributed by atoms with van der Waals surface area (Å²) in [5.41, 5.74) is 6.32. The Morgan fingerprint density at radius 3 is 1.82 bits per heavy atom. The highest BCUT2D eigenvalue weighted by Gasteiger charge is 2.32. The summed E-state index contributed by atoms with van der Waals surface area (Å²) < 4.78 is 5.97. The molecule has 4 nitrogen and oxygen atoms in total. The molecule has 3 aromatic carbocycles. The smallest absolute Gasteiger partial charge is 0.185 e. The van der Waals surface area contributed by atoms with Crippen molar-refractivity contribution in [1.29, 1.82) is 0 Å². The van der Waals surface area contributed by atoms with Crippen LogP contribution in [0.4, 0.5) is 0 Å². The van der Waals surface area contributed by atoms with Crippen LogP contribution >= 0.6 is 0 Å². The van der Waals surface area contributed by atoms with E-state index in [4.69, 9.17) is 4.74 Å². The molecule has 3 aromatic rings. The first-order valence-corrected chi connectivity index (χ1v) is 14.5. The van der Waals surface area contributed by atoms with Gasteiger partial charge in [0.15, 0.2) is 11.6 Å². The first kappa shape index (κ1) is 27.8. The second kappa shape index (κ2) is 13.1. The lowest BCUT2D eigenvalue weighted by Crippen LogP contribution is -2.33. The number of carbonyl (C=O) groups excluding carboxylic acids is 2. The third-order valence-corrected chi connectivity index (χ3v) is 7.99. The van der Waals surface area contributed by atoms with Gasteiger partial charge in [0, 0.05) is 29.2 Å². The van der Waals surface area contributed by atoms with E-state index in [1.807, 2.05) is 98.8 Å². The van der Waals surface area contributed by atoms with Crippen LogP contribution in [-0.4, -0.2) is 42.7 Å². The van der Waals surface area contributed by atoms with Crippen molar-refractivity contribution in [3.8, 4) is 5.75 Å².